The molecule has 1 saturated carbocycles. The van der Waals surface area contributed by atoms with Gasteiger partial charge in [0.05, 0.1) is 0 Å². The number of halogens is 1. The number of nitrogens with one attached hydrogen (secondary N) is 2. The molecule has 23 heavy (non-hydrogen) atoms. The Hall–Kier alpha value is -2.53. The molecule has 2 atom stereocenters. The molecule has 2 unspecified atom stereocenters. The van der Waals surface area contributed by atoms with Gasteiger partial charge in [-0.3, -0.25) is 4.79 Å². The quantitative estimate of drug-likeness (QED) is 0.801. The molecule has 0 radical (unpaired) electrons. The summed E-state index contributed by atoms with van der Waals surface area (Å²) in [6.45, 7) is 0. The van der Waals surface area contributed by atoms with Crippen LogP contribution in [0.5, 0.6) is 0 Å². The summed E-state index contributed by atoms with van der Waals surface area (Å²) in [4.78, 5) is 23.2. The van der Waals surface area contributed by atoms with Crippen molar-refractivity contribution >= 4 is 34.9 Å². The highest BCUT2D eigenvalue weighted by atomic mass is 35.5. The Morgan fingerprint density at radius 2 is 1.70 bits per heavy atom. The van der Waals surface area contributed by atoms with E-state index < -0.39 is 6.03 Å². The summed E-state index contributed by atoms with van der Waals surface area (Å²) in [5, 5.41) is 6.04. The Morgan fingerprint density at radius 3 is 2.35 bits per heavy atom. The molecule has 0 bridgehead atoms. The van der Waals surface area contributed by atoms with E-state index in [1.165, 1.54) is 0 Å². The van der Waals surface area contributed by atoms with Gasteiger partial charge in [-0.15, -0.1) is 0 Å². The molecule has 0 aromatic heterocycles. The van der Waals surface area contributed by atoms with Gasteiger partial charge in [-0.1, -0.05) is 29.8 Å². The molecular formula is C17H16ClN3O2. The summed E-state index contributed by atoms with van der Waals surface area (Å²) in [6.07, 6.45) is 0.826. The molecule has 1 aliphatic carbocycles. The van der Waals surface area contributed by atoms with Gasteiger partial charge >= 0.3 is 6.03 Å². The molecule has 3 amide bonds. The summed E-state index contributed by atoms with van der Waals surface area (Å²) in [7, 11) is 0. The van der Waals surface area contributed by atoms with E-state index in [0.29, 0.717) is 16.4 Å². The van der Waals surface area contributed by atoms with Crippen LogP contribution in [0.4, 0.5) is 16.2 Å². The first-order valence-corrected chi connectivity index (χ1v) is 7.63. The third kappa shape index (κ3) is 3.81. The Bertz CT molecular complexity index is 746. The maximum atomic E-state index is 12.3. The minimum Gasteiger partial charge on any atom is -0.351 e. The fourth-order valence-electron chi connectivity index (χ4n) is 2.62. The first-order valence-electron chi connectivity index (χ1n) is 7.26. The van der Waals surface area contributed by atoms with E-state index in [1.807, 2.05) is 24.3 Å². The van der Waals surface area contributed by atoms with Gasteiger partial charge in [0, 0.05) is 22.3 Å². The van der Waals surface area contributed by atoms with E-state index in [9.17, 15) is 9.59 Å². The van der Waals surface area contributed by atoms with Crippen LogP contribution in [0.1, 0.15) is 17.9 Å². The third-order valence-electron chi connectivity index (χ3n) is 3.82. The topological polar surface area (TPSA) is 84.2 Å². The maximum Gasteiger partial charge on any atom is 0.316 e. The minimum atomic E-state index is -0.640. The molecule has 1 fully saturated rings. The molecule has 4 N–H and O–H groups in total. The molecule has 5 nitrogen and oxygen atoms in total. The van der Waals surface area contributed by atoms with Gasteiger partial charge in [-0.25, -0.2) is 4.79 Å². The Morgan fingerprint density at radius 1 is 1.04 bits per heavy atom. The largest absolute Gasteiger partial charge is 0.351 e. The zero-order valence-corrected chi connectivity index (χ0v) is 13.0. The summed E-state index contributed by atoms with van der Waals surface area (Å²) in [5.74, 6) is 0.171. The zero-order valence-electron chi connectivity index (χ0n) is 12.3. The standard InChI is InChI=1S/C17H16ClN3O2/c18-11-6-4-10(5-7-11)14-9-15(14)16(22)20-12-2-1-3-13(8-12)21-17(19)23/h1-8,14-15H,9H2,(H,20,22)(H3,19,21,23). The number of rotatable bonds is 4. The van der Waals surface area contributed by atoms with Crippen LogP contribution in [0.2, 0.25) is 5.02 Å². The lowest BCUT2D eigenvalue weighted by Gasteiger charge is -2.07. The predicted molar refractivity (Wildman–Crippen MR) is 90.6 cm³/mol. The number of carbonyl (C=O) groups excluding carboxylic acids is 2. The maximum absolute atomic E-state index is 12.3. The van der Waals surface area contributed by atoms with Crippen LogP contribution in [0.15, 0.2) is 48.5 Å². The van der Waals surface area contributed by atoms with Crippen molar-refractivity contribution in [1.82, 2.24) is 0 Å². The summed E-state index contributed by atoms with van der Waals surface area (Å²) < 4.78 is 0. The van der Waals surface area contributed by atoms with Gasteiger partial charge < -0.3 is 16.4 Å². The average molecular weight is 330 g/mol. The van der Waals surface area contributed by atoms with Crippen molar-refractivity contribution < 1.29 is 9.59 Å². The number of urea groups is 1. The van der Waals surface area contributed by atoms with Crippen molar-refractivity contribution in [3.05, 3.63) is 59.1 Å². The van der Waals surface area contributed by atoms with E-state index >= 15 is 0 Å². The van der Waals surface area contributed by atoms with Crippen LogP contribution in [-0.4, -0.2) is 11.9 Å². The number of carbonyl (C=O) groups is 2. The van der Waals surface area contributed by atoms with E-state index in [1.54, 1.807) is 24.3 Å². The molecule has 0 saturated heterocycles. The van der Waals surface area contributed by atoms with Crippen LogP contribution in [-0.2, 0) is 4.79 Å². The third-order valence-corrected chi connectivity index (χ3v) is 4.07. The number of hydrogen-bond acceptors (Lipinski definition) is 2. The number of hydrogen-bond donors (Lipinski definition) is 3. The number of benzene rings is 2. The molecule has 118 valence electrons. The molecule has 3 rings (SSSR count). The van der Waals surface area contributed by atoms with Gasteiger partial charge in [0.2, 0.25) is 5.91 Å². The lowest BCUT2D eigenvalue weighted by Crippen LogP contribution is -2.19. The first-order chi connectivity index (χ1) is 11.0. The summed E-state index contributed by atoms with van der Waals surface area (Å²) >= 11 is 5.88. The van der Waals surface area contributed by atoms with Crippen LogP contribution in [0.25, 0.3) is 0 Å². The Kier molecular flexibility index (Phi) is 4.21. The highest BCUT2D eigenvalue weighted by Gasteiger charge is 2.43. The molecule has 0 aliphatic heterocycles. The van der Waals surface area contributed by atoms with Crippen molar-refractivity contribution in [3.63, 3.8) is 0 Å². The van der Waals surface area contributed by atoms with Crippen LogP contribution < -0.4 is 16.4 Å². The van der Waals surface area contributed by atoms with Crippen molar-refractivity contribution in [2.75, 3.05) is 10.6 Å². The lowest BCUT2D eigenvalue weighted by atomic mass is 10.1. The predicted octanol–water partition coefficient (Wildman–Crippen LogP) is 3.57. The van der Waals surface area contributed by atoms with Gasteiger partial charge in [0.25, 0.3) is 0 Å². The molecule has 2 aromatic carbocycles. The van der Waals surface area contributed by atoms with E-state index in [-0.39, 0.29) is 17.7 Å². The SMILES string of the molecule is NC(=O)Nc1cccc(NC(=O)C2CC2c2ccc(Cl)cc2)c1. The number of amides is 3. The van der Waals surface area contributed by atoms with Gasteiger partial charge in [0.15, 0.2) is 0 Å². The first kappa shape index (κ1) is 15.4. The summed E-state index contributed by atoms with van der Waals surface area (Å²) in [5.41, 5.74) is 7.37. The second kappa shape index (κ2) is 6.30. The Balaban J connectivity index is 1.62. The second-order valence-electron chi connectivity index (χ2n) is 5.56. The molecule has 0 spiro atoms. The van der Waals surface area contributed by atoms with Crippen molar-refractivity contribution in [1.29, 1.82) is 0 Å². The monoisotopic (exact) mass is 329 g/mol. The van der Waals surface area contributed by atoms with E-state index in [4.69, 9.17) is 17.3 Å². The summed E-state index contributed by atoms with van der Waals surface area (Å²) in [6, 6.07) is 13.8. The second-order valence-corrected chi connectivity index (χ2v) is 6.00. The molecule has 1 aliphatic rings. The highest BCUT2D eigenvalue weighted by Crippen LogP contribution is 2.48. The average Bonchev–Trinajstić information content (AvgIpc) is 3.28. The number of primary amides is 1. The molecule has 6 heteroatoms. The van der Waals surface area contributed by atoms with Crippen LogP contribution in [0.3, 0.4) is 0 Å². The highest BCUT2D eigenvalue weighted by molar-refractivity contribution is 6.30. The minimum absolute atomic E-state index is 0.0267. The van der Waals surface area contributed by atoms with Crippen molar-refractivity contribution in [3.8, 4) is 0 Å². The van der Waals surface area contributed by atoms with Gasteiger partial charge in [-0.05, 0) is 48.2 Å². The van der Waals surface area contributed by atoms with Crippen molar-refractivity contribution in [2.45, 2.75) is 12.3 Å². The Labute approximate surface area is 138 Å². The van der Waals surface area contributed by atoms with E-state index in [0.717, 1.165) is 12.0 Å². The normalized spacial score (nSPS) is 19.0. The smallest absolute Gasteiger partial charge is 0.316 e. The lowest BCUT2D eigenvalue weighted by molar-refractivity contribution is -0.117. The van der Waals surface area contributed by atoms with E-state index in [2.05, 4.69) is 10.6 Å². The van der Waals surface area contributed by atoms with Gasteiger partial charge in [-0.2, -0.15) is 0 Å². The number of nitrogens with two attached hydrogens (primary N) is 1. The van der Waals surface area contributed by atoms with Crippen molar-refractivity contribution in [2.24, 2.45) is 11.7 Å². The fraction of sp³-hybridized carbons (Fsp3) is 0.176. The van der Waals surface area contributed by atoms with Gasteiger partial charge in [0.1, 0.15) is 0 Å². The molecule has 0 heterocycles. The molecule has 2 aromatic rings. The van der Waals surface area contributed by atoms with Crippen LogP contribution in [0, 0.1) is 5.92 Å². The fourth-order valence-corrected chi connectivity index (χ4v) is 2.74. The number of anilines is 2. The molecular weight excluding hydrogens is 314 g/mol. The zero-order chi connectivity index (χ0) is 16.4. The van der Waals surface area contributed by atoms with Crippen LogP contribution >= 0.6 is 11.6 Å².